The molecule has 0 heterocycles. The highest BCUT2D eigenvalue weighted by atomic mass is 35.5. The van der Waals surface area contributed by atoms with Gasteiger partial charge in [-0.05, 0) is 36.0 Å². The Bertz CT molecular complexity index is 597. The van der Waals surface area contributed by atoms with Gasteiger partial charge in [-0.15, -0.1) is 0 Å². The predicted molar refractivity (Wildman–Crippen MR) is 101 cm³/mol. The first-order valence-electron chi connectivity index (χ1n) is 9.12. The van der Waals surface area contributed by atoms with Gasteiger partial charge in [-0.1, -0.05) is 75.4 Å². The maximum Gasteiger partial charge on any atom is 0.130 e. The van der Waals surface area contributed by atoms with Crippen LogP contribution in [0.15, 0.2) is 54.6 Å². The molecule has 3 unspecified atom stereocenters. The molecule has 0 aromatic heterocycles. The van der Waals surface area contributed by atoms with Gasteiger partial charge >= 0.3 is 0 Å². The Morgan fingerprint density at radius 2 is 1.44 bits per heavy atom. The monoisotopic (exact) mass is 361 g/mol. The number of benzene rings is 2. The molecule has 3 atom stereocenters. The standard InChI is InChI=1S/C22H31NO.ClH/c1-16(2)20-12-10-19(11-13-20)14-17(3)15-23-18(4)22(24)21-8-6-5-7-9-21;/h5-13,16-18,22-24H,14-15H2,1-4H3;1H. The highest BCUT2D eigenvalue weighted by Crippen LogP contribution is 2.17. The van der Waals surface area contributed by atoms with Gasteiger partial charge < -0.3 is 22.8 Å². The van der Waals surface area contributed by atoms with Gasteiger partial charge in [0.25, 0.3) is 0 Å². The second-order valence-corrected chi connectivity index (χ2v) is 7.39. The zero-order valence-corrected chi connectivity index (χ0v) is 16.6. The van der Waals surface area contributed by atoms with Gasteiger partial charge in [0.15, 0.2) is 0 Å². The van der Waals surface area contributed by atoms with E-state index in [1.807, 2.05) is 30.3 Å². The molecule has 0 bridgehead atoms. The molecule has 3 N–H and O–H groups in total. The van der Waals surface area contributed by atoms with Crippen LogP contribution in [0.25, 0.3) is 0 Å². The molecule has 0 fully saturated rings. The number of aliphatic hydroxyl groups excluding tert-OH is 1. The molecule has 0 aliphatic carbocycles. The second-order valence-electron chi connectivity index (χ2n) is 7.39. The van der Waals surface area contributed by atoms with E-state index >= 15 is 0 Å². The van der Waals surface area contributed by atoms with E-state index in [-0.39, 0.29) is 18.4 Å². The molecular weight excluding hydrogens is 330 g/mol. The Morgan fingerprint density at radius 3 is 2.00 bits per heavy atom. The molecular formula is C22H32ClNO. The van der Waals surface area contributed by atoms with Crippen molar-refractivity contribution in [2.75, 3.05) is 6.54 Å². The summed E-state index contributed by atoms with van der Waals surface area (Å²) in [5.74, 6) is 1.17. The third kappa shape index (κ3) is 6.81. The van der Waals surface area contributed by atoms with Crippen LogP contribution >= 0.6 is 0 Å². The molecule has 0 spiro atoms. The Hall–Kier alpha value is -1.35. The van der Waals surface area contributed by atoms with Crippen LogP contribution < -0.4 is 17.7 Å². The normalized spacial score (nSPS) is 14.6. The molecule has 0 aliphatic rings. The van der Waals surface area contributed by atoms with Gasteiger partial charge in [-0.3, -0.25) is 0 Å². The summed E-state index contributed by atoms with van der Waals surface area (Å²) < 4.78 is 0. The highest BCUT2D eigenvalue weighted by molar-refractivity contribution is 5.25. The summed E-state index contributed by atoms with van der Waals surface area (Å²) in [6.07, 6.45) is 0.673. The average molecular weight is 362 g/mol. The smallest absolute Gasteiger partial charge is 0.130 e. The molecule has 138 valence electrons. The molecule has 0 saturated heterocycles. The van der Waals surface area contributed by atoms with Crippen LogP contribution in [0.3, 0.4) is 0 Å². The lowest BCUT2D eigenvalue weighted by Crippen LogP contribution is -3.00. The van der Waals surface area contributed by atoms with Crippen molar-refractivity contribution in [1.29, 1.82) is 0 Å². The number of quaternary nitrogens is 1. The quantitative estimate of drug-likeness (QED) is 0.712. The minimum Gasteiger partial charge on any atom is -1.00 e. The van der Waals surface area contributed by atoms with Crippen molar-refractivity contribution in [2.45, 2.75) is 52.2 Å². The van der Waals surface area contributed by atoms with Gasteiger partial charge in [0.05, 0.1) is 6.54 Å². The maximum absolute atomic E-state index is 10.4. The summed E-state index contributed by atoms with van der Waals surface area (Å²) in [5.41, 5.74) is 3.80. The Balaban J connectivity index is 0.00000312. The van der Waals surface area contributed by atoms with Gasteiger partial charge in [-0.25, -0.2) is 0 Å². The van der Waals surface area contributed by atoms with Crippen LogP contribution in [-0.4, -0.2) is 17.7 Å². The van der Waals surface area contributed by atoms with E-state index in [0.717, 1.165) is 18.5 Å². The number of hydrogen-bond acceptors (Lipinski definition) is 1. The summed E-state index contributed by atoms with van der Waals surface area (Å²) in [7, 11) is 0. The lowest BCUT2D eigenvalue weighted by molar-refractivity contribution is -0.699. The lowest BCUT2D eigenvalue weighted by atomic mass is 9.96. The fourth-order valence-corrected chi connectivity index (χ4v) is 3.05. The zero-order valence-electron chi connectivity index (χ0n) is 15.8. The van der Waals surface area contributed by atoms with Gasteiger partial charge in [-0.2, -0.15) is 0 Å². The number of aliphatic hydroxyl groups is 1. The van der Waals surface area contributed by atoms with Gasteiger partial charge in [0.1, 0.15) is 12.1 Å². The van der Waals surface area contributed by atoms with E-state index < -0.39 is 6.10 Å². The summed E-state index contributed by atoms with van der Waals surface area (Å²) in [5, 5.41) is 12.7. The van der Waals surface area contributed by atoms with Crippen LogP contribution in [0.5, 0.6) is 0 Å². The number of hydrogen-bond donors (Lipinski definition) is 2. The van der Waals surface area contributed by atoms with Crippen molar-refractivity contribution in [3.05, 3.63) is 71.3 Å². The van der Waals surface area contributed by atoms with Crippen molar-refractivity contribution < 1.29 is 22.8 Å². The molecule has 25 heavy (non-hydrogen) atoms. The summed E-state index contributed by atoms with van der Waals surface area (Å²) >= 11 is 0. The molecule has 0 amide bonds. The van der Waals surface area contributed by atoms with Gasteiger partial charge in [0, 0.05) is 5.92 Å². The summed E-state index contributed by atoms with van der Waals surface area (Å²) in [4.78, 5) is 0. The van der Waals surface area contributed by atoms with Crippen molar-refractivity contribution >= 4 is 0 Å². The molecule has 2 nitrogen and oxygen atoms in total. The zero-order chi connectivity index (χ0) is 17.5. The summed E-state index contributed by atoms with van der Waals surface area (Å²) in [6, 6.07) is 19.1. The van der Waals surface area contributed by atoms with Crippen molar-refractivity contribution in [3.63, 3.8) is 0 Å². The Kier molecular flexibility index (Phi) is 9.20. The minimum atomic E-state index is -0.413. The van der Waals surface area contributed by atoms with Crippen LogP contribution in [0.1, 0.15) is 56.4 Å². The molecule has 2 rings (SSSR count). The lowest BCUT2D eigenvalue weighted by Gasteiger charge is -2.20. The first-order chi connectivity index (χ1) is 11.5. The Morgan fingerprint density at radius 1 is 0.840 bits per heavy atom. The van der Waals surface area contributed by atoms with Crippen LogP contribution in [-0.2, 0) is 6.42 Å². The highest BCUT2D eigenvalue weighted by Gasteiger charge is 2.19. The fourth-order valence-electron chi connectivity index (χ4n) is 3.05. The van der Waals surface area contributed by atoms with Crippen molar-refractivity contribution in [1.82, 2.24) is 0 Å². The van der Waals surface area contributed by atoms with Crippen molar-refractivity contribution in [3.8, 4) is 0 Å². The van der Waals surface area contributed by atoms with Crippen molar-refractivity contribution in [2.24, 2.45) is 5.92 Å². The van der Waals surface area contributed by atoms with Gasteiger partial charge in [0.2, 0.25) is 0 Å². The minimum absolute atomic E-state index is 0. The largest absolute Gasteiger partial charge is 1.00 e. The van der Waals surface area contributed by atoms with E-state index in [1.54, 1.807) is 0 Å². The van der Waals surface area contributed by atoms with E-state index in [2.05, 4.69) is 57.3 Å². The average Bonchev–Trinajstić information content (AvgIpc) is 2.60. The van der Waals surface area contributed by atoms with Crippen LogP contribution in [0.4, 0.5) is 0 Å². The topological polar surface area (TPSA) is 36.8 Å². The predicted octanol–water partition coefficient (Wildman–Crippen LogP) is 0.678. The number of halogens is 1. The molecule has 0 saturated carbocycles. The van der Waals surface area contributed by atoms with Crippen LogP contribution in [0.2, 0.25) is 0 Å². The third-order valence-corrected chi connectivity index (χ3v) is 4.78. The summed E-state index contributed by atoms with van der Waals surface area (Å²) in [6.45, 7) is 9.87. The fraction of sp³-hybridized carbons (Fsp3) is 0.455. The molecule has 2 aromatic rings. The van der Waals surface area contributed by atoms with E-state index in [9.17, 15) is 5.11 Å². The number of rotatable bonds is 8. The first-order valence-corrected chi connectivity index (χ1v) is 9.12. The van der Waals surface area contributed by atoms with Crippen LogP contribution in [0, 0.1) is 5.92 Å². The maximum atomic E-state index is 10.4. The van der Waals surface area contributed by atoms with E-state index in [0.29, 0.717) is 11.8 Å². The molecule has 0 aliphatic heterocycles. The second kappa shape index (κ2) is 10.6. The molecule has 0 radical (unpaired) electrons. The first kappa shape index (κ1) is 21.7. The Labute approximate surface area is 159 Å². The number of nitrogens with two attached hydrogens (primary N) is 1. The van der Waals surface area contributed by atoms with E-state index in [1.165, 1.54) is 11.1 Å². The molecule has 3 heteroatoms. The molecule has 2 aromatic carbocycles. The van der Waals surface area contributed by atoms with E-state index in [4.69, 9.17) is 0 Å². The third-order valence-electron chi connectivity index (χ3n) is 4.78. The SMILES string of the molecule is CC(C[NH2+]C(C)C(O)c1ccccc1)Cc1ccc(C(C)C)cc1.[Cl-].